The molecule has 0 saturated heterocycles. The van der Waals surface area contributed by atoms with Gasteiger partial charge >= 0.3 is 5.97 Å². The number of carbonyl (C=O) groups is 6. The number of hydrogen-bond donors (Lipinski definition) is 8. The highest BCUT2D eigenvalue weighted by atomic mass is 16.4. The van der Waals surface area contributed by atoms with Crippen LogP contribution in [-0.2, 0) is 28.8 Å². The Hall–Kier alpha value is -3.26. The van der Waals surface area contributed by atoms with Crippen molar-refractivity contribution in [1.29, 1.82) is 0 Å². The molecule has 0 aliphatic carbocycles. The Balaban J connectivity index is 5.19. The third kappa shape index (κ3) is 11.1. The Morgan fingerprint density at radius 3 is 1.49 bits per heavy atom. The first-order valence-electron chi connectivity index (χ1n) is 12.2. The van der Waals surface area contributed by atoms with Gasteiger partial charge in [-0.3, -0.25) is 28.8 Å². The summed E-state index contributed by atoms with van der Waals surface area (Å²) in [6.07, 6.45) is 0.514. The van der Waals surface area contributed by atoms with Gasteiger partial charge in [0.1, 0.15) is 36.3 Å². The molecule has 0 bridgehead atoms. The van der Waals surface area contributed by atoms with Gasteiger partial charge in [0.25, 0.3) is 0 Å². The molecule has 0 aromatic heterocycles. The second-order valence-electron chi connectivity index (χ2n) is 9.42. The van der Waals surface area contributed by atoms with Crippen LogP contribution in [0.5, 0.6) is 0 Å². The molecule has 0 aliphatic heterocycles. The fraction of sp³-hybridized carbons (Fsp3) is 0.739. The highest BCUT2D eigenvalue weighted by Crippen LogP contribution is 2.09. The van der Waals surface area contributed by atoms with E-state index in [1.807, 2.05) is 0 Å². The van der Waals surface area contributed by atoms with Gasteiger partial charge in [-0.25, -0.2) is 0 Å². The molecule has 0 spiro atoms. The van der Waals surface area contributed by atoms with Gasteiger partial charge in [-0.1, -0.05) is 34.1 Å². The number of rotatable bonds is 15. The SMILES string of the molecule is CC[C@H](C)[C@H](NC(=O)[C@H](C)NC(=O)[C@H](C)NC(=O)[C@@H](NC(=O)[C@@H](N)CO)C(C)C)C(=O)N[C@@H](C)C(=O)O. The molecule has 14 nitrogen and oxygen atoms in total. The molecule has 5 amide bonds. The minimum Gasteiger partial charge on any atom is -0.480 e. The average molecular weight is 531 g/mol. The van der Waals surface area contributed by atoms with Gasteiger partial charge in [-0.2, -0.15) is 0 Å². The maximum absolute atomic E-state index is 12.7. The third-order valence-corrected chi connectivity index (χ3v) is 5.81. The van der Waals surface area contributed by atoms with Gasteiger partial charge in [0.05, 0.1) is 6.61 Å². The lowest BCUT2D eigenvalue weighted by Crippen LogP contribution is -2.59. The predicted molar refractivity (Wildman–Crippen MR) is 134 cm³/mol. The maximum Gasteiger partial charge on any atom is 0.325 e. The topological polar surface area (TPSA) is 229 Å². The second-order valence-corrected chi connectivity index (χ2v) is 9.42. The van der Waals surface area contributed by atoms with E-state index in [9.17, 15) is 28.8 Å². The van der Waals surface area contributed by atoms with Crippen molar-refractivity contribution in [3.63, 3.8) is 0 Å². The summed E-state index contributed by atoms with van der Waals surface area (Å²) in [4.78, 5) is 73.5. The van der Waals surface area contributed by atoms with Gasteiger partial charge < -0.3 is 42.5 Å². The fourth-order valence-corrected chi connectivity index (χ4v) is 3.00. The zero-order chi connectivity index (χ0) is 29.0. The number of aliphatic hydroxyl groups excluding tert-OH is 1. The Kier molecular flexibility index (Phi) is 14.4. The lowest BCUT2D eigenvalue weighted by atomic mass is 9.97. The van der Waals surface area contributed by atoms with Crippen LogP contribution in [0.2, 0.25) is 0 Å². The summed E-state index contributed by atoms with van der Waals surface area (Å²) >= 11 is 0. The summed E-state index contributed by atoms with van der Waals surface area (Å²) < 4.78 is 0. The molecule has 0 aliphatic rings. The van der Waals surface area contributed by atoms with E-state index in [2.05, 4.69) is 26.6 Å². The van der Waals surface area contributed by atoms with Crippen molar-refractivity contribution in [1.82, 2.24) is 26.6 Å². The van der Waals surface area contributed by atoms with E-state index in [-0.39, 0.29) is 11.8 Å². The second kappa shape index (κ2) is 15.8. The number of amides is 5. The minimum atomic E-state index is -1.23. The van der Waals surface area contributed by atoms with Crippen molar-refractivity contribution in [2.24, 2.45) is 17.6 Å². The van der Waals surface area contributed by atoms with Gasteiger partial charge in [0.15, 0.2) is 0 Å². The van der Waals surface area contributed by atoms with Gasteiger partial charge in [-0.15, -0.1) is 0 Å². The zero-order valence-corrected chi connectivity index (χ0v) is 22.5. The van der Waals surface area contributed by atoms with Crippen LogP contribution in [0.15, 0.2) is 0 Å². The van der Waals surface area contributed by atoms with E-state index in [4.69, 9.17) is 15.9 Å². The minimum absolute atomic E-state index is 0.326. The van der Waals surface area contributed by atoms with E-state index in [0.717, 1.165) is 0 Å². The van der Waals surface area contributed by atoms with E-state index < -0.39 is 78.4 Å². The lowest BCUT2D eigenvalue weighted by Gasteiger charge is -2.27. The summed E-state index contributed by atoms with van der Waals surface area (Å²) in [5, 5.41) is 30.2. The zero-order valence-electron chi connectivity index (χ0n) is 22.5. The smallest absolute Gasteiger partial charge is 0.325 e. The first kappa shape index (κ1) is 33.7. The molecule has 212 valence electrons. The quantitative estimate of drug-likeness (QED) is 0.112. The van der Waals surface area contributed by atoms with Crippen LogP contribution >= 0.6 is 0 Å². The molecule has 0 aromatic rings. The molecular formula is C23H42N6O8. The van der Waals surface area contributed by atoms with Crippen molar-refractivity contribution in [3.05, 3.63) is 0 Å². The summed E-state index contributed by atoms with van der Waals surface area (Å²) in [6, 6.07) is -6.59. The summed E-state index contributed by atoms with van der Waals surface area (Å²) in [5.41, 5.74) is 5.47. The highest BCUT2D eigenvalue weighted by Gasteiger charge is 2.32. The van der Waals surface area contributed by atoms with Crippen LogP contribution < -0.4 is 32.3 Å². The van der Waals surface area contributed by atoms with Crippen molar-refractivity contribution in [3.8, 4) is 0 Å². The monoisotopic (exact) mass is 530 g/mol. The van der Waals surface area contributed by atoms with Crippen molar-refractivity contribution >= 4 is 35.5 Å². The van der Waals surface area contributed by atoms with Crippen LogP contribution in [0, 0.1) is 11.8 Å². The highest BCUT2D eigenvalue weighted by molar-refractivity contribution is 5.96. The number of carboxylic acid groups (broad SMARTS) is 1. The largest absolute Gasteiger partial charge is 0.480 e. The number of aliphatic carboxylic acids is 1. The van der Waals surface area contributed by atoms with Crippen molar-refractivity contribution in [2.45, 2.75) is 91.1 Å². The lowest BCUT2D eigenvalue weighted by molar-refractivity contribution is -0.142. The number of hydrogen-bond acceptors (Lipinski definition) is 8. The van der Waals surface area contributed by atoms with Crippen LogP contribution in [0.1, 0.15) is 54.9 Å². The first-order valence-corrected chi connectivity index (χ1v) is 12.2. The molecule has 9 N–H and O–H groups in total. The molecule has 7 atom stereocenters. The Labute approximate surface area is 216 Å². The van der Waals surface area contributed by atoms with Crippen molar-refractivity contribution in [2.75, 3.05) is 6.61 Å². The average Bonchev–Trinajstić information content (AvgIpc) is 2.83. The van der Waals surface area contributed by atoms with Crippen molar-refractivity contribution < 1.29 is 39.0 Å². The molecule has 0 fully saturated rings. The normalized spacial score (nSPS) is 16.7. The van der Waals surface area contributed by atoms with E-state index in [1.165, 1.54) is 20.8 Å². The van der Waals surface area contributed by atoms with Crippen LogP contribution in [0.4, 0.5) is 0 Å². The molecule has 0 radical (unpaired) electrons. The predicted octanol–water partition coefficient (Wildman–Crippen LogP) is -2.42. The first-order chi connectivity index (χ1) is 17.1. The van der Waals surface area contributed by atoms with E-state index >= 15 is 0 Å². The van der Waals surface area contributed by atoms with Crippen LogP contribution in [-0.4, -0.2) is 88.6 Å². The van der Waals surface area contributed by atoms with Gasteiger partial charge in [-0.05, 0) is 32.6 Å². The standard InChI is InChI=1S/C23H42N6O8/c1-8-11(4)17(22(35)27-14(7)23(36)37)29-19(32)13(6)25-18(31)12(5)26-21(34)16(10(2)3)28-20(33)15(24)9-30/h10-17,30H,8-9,24H2,1-7H3,(H,25,31)(H,26,34)(H,27,35)(H,28,33)(H,29,32)(H,36,37)/t11-,12-,13-,14-,15-,16-,17-/m0/s1. The number of nitrogens with one attached hydrogen (secondary N) is 5. The molecule has 37 heavy (non-hydrogen) atoms. The Bertz CT molecular complexity index is 836. The molecule has 0 aromatic carbocycles. The number of carbonyl (C=O) groups excluding carboxylic acids is 5. The van der Waals surface area contributed by atoms with Gasteiger partial charge in [0, 0.05) is 0 Å². The Morgan fingerprint density at radius 1 is 0.649 bits per heavy atom. The molecule has 0 rings (SSSR count). The van der Waals surface area contributed by atoms with Gasteiger partial charge in [0.2, 0.25) is 29.5 Å². The maximum atomic E-state index is 12.7. The Morgan fingerprint density at radius 2 is 1.05 bits per heavy atom. The number of aliphatic hydroxyl groups is 1. The third-order valence-electron chi connectivity index (χ3n) is 5.81. The van der Waals surface area contributed by atoms with E-state index in [1.54, 1.807) is 27.7 Å². The molecule has 0 saturated carbocycles. The van der Waals surface area contributed by atoms with E-state index in [0.29, 0.717) is 6.42 Å². The molecule has 0 unspecified atom stereocenters. The molecular weight excluding hydrogens is 488 g/mol. The molecule has 14 heteroatoms. The number of carboxylic acids is 1. The number of nitrogens with two attached hydrogens (primary N) is 1. The summed E-state index contributed by atoms with van der Waals surface area (Å²) in [5.74, 6) is -5.34. The molecule has 0 heterocycles. The summed E-state index contributed by atoms with van der Waals surface area (Å²) in [6.45, 7) is 10.3. The summed E-state index contributed by atoms with van der Waals surface area (Å²) in [7, 11) is 0. The fourth-order valence-electron chi connectivity index (χ4n) is 3.00. The van der Waals surface area contributed by atoms with Crippen LogP contribution in [0.3, 0.4) is 0 Å². The van der Waals surface area contributed by atoms with Crippen LogP contribution in [0.25, 0.3) is 0 Å².